The van der Waals surface area contributed by atoms with E-state index in [0.29, 0.717) is 6.54 Å². The Hall–Kier alpha value is -0.860. The van der Waals surface area contributed by atoms with Gasteiger partial charge in [-0.25, -0.2) is 13.6 Å². The summed E-state index contributed by atoms with van der Waals surface area (Å²) in [7, 11) is -3.90. The number of amides is 1. The summed E-state index contributed by atoms with van der Waals surface area (Å²) in [5, 5.41) is 7.75. The molecule has 0 saturated heterocycles. The van der Waals surface area contributed by atoms with E-state index in [2.05, 4.69) is 28.2 Å². The van der Waals surface area contributed by atoms with Crippen molar-refractivity contribution in [1.29, 1.82) is 0 Å². The molecule has 0 spiro atoms. The van der Waals surface area contributed by atoms with Crippen molar-refractivity contribution in [2.24, 2.45) is 10.6 Å². The smallest absolute Gasteiger partial charge is 0.287 e. The second kappa shape index (κ2) is 4.92. The quantitative estimate of drug-likeness (QED) is 0.841. The fourth-order valence-corrected chi connectivity index (χ4v) is 3.35. The Morgan fingerprint density at radius 2 is 2.21 bits per heavy atom. The number of nitrogens with one attached hydrogen (secondary N) is 1. The van der Waals surface area contributed by atoms with Crippen LogP contribution >= 0.6 is 15.9 Å². The molecule has 1 aliphatic carbocycles. The molecule has 1 fully saturated rings. The van der Waals surface area contributed by atoms with E-state index in [1.165, 1.54) is 0 Å². The lowest BCUT2D eigenvalue weighted by atomic mass is 10.0. The molecule has 1 amide bonds. The van der Waals surface area contributed by atoms with Crippen LogP contribution < -0.4 is 10.5 Å². The van der Waals surface area contributed by atoms with Crippen LogP contribution in [0.25, 0.3) is 0 Å². The Balaban J connectivity index is 2.08. The molecule has 2 rings (SSSR count). The first-order valence-electron chi connectivity index (χ1n) is 5.88. The average molecular weight is 351 g/mol. The van der Waals surface area contributed by atoms with Crippen LogP contribution in [-0.2, 0) is 10.0 Å². The Labute approximate surface area is 119 Å². The molecule has 1 aromatic heterocycles. The third-order valence-corrected chi connectivity index (χ3v) is 5.28. The number of carbonyl (C=O) groups excluding carboxylic acids is 1. The summed E-state index contributed by atoms with van der Waals surface area (Å²) < 4.78 is 27.4. The molecule has 0 radical (unpaired) electrons. The summed E-state index contributed by atoms with van der Waals surface area (Å²) in [5.74, 6) is -0.502. The van der Waals surface area contributed by atoms with Crippen LogP contribution in [0, 0.1) is 5.41 Å². The van der Waals surface area contributed by atoms with Crippen molar-refractivity contribution in [3.8, 4) is 0 Å². The third-order valence-electron chi connectivity index (χ3n) is 3.52. The van der Waals surface area contributed by atoms with E-state index in [-0.39, 0.29) is 20.7 Å². The summed E-state index contributed by atoms with van der Waals surface area (Å²) >= 11 is 2.93. The Morgan fingerprint density at radius 3 is 2.63 bits per heavy atom. The van der Waals surface area contributed by atoms with Gasteiger partial charge in [-0.3, -0.25) is 4.79 Å². The molecule has 1 aliphatic rings. The van der Waals surface area contributed by atoms with E-state index in [4.69, 9.17) is 9.56 Å². The minimum atomic E-state index is -3.90. The maximum absolute atomic E-state index is 11.9. The summed E-state index contributed by atoms with van der Waals surface area (Å²) in [6.07, 6.45) is 3.22. The second-order valence-electron chi connectivity index (χ2n) is 4.83. The molecule has 3 N–H and O–H groups in total. The normalized spacial score (nSPS) is 17.2. The molecule has 19 heavy (non-hydrogen) atoms. The molecule has 1 aromatic rings. The van der Waals surface area contributed by atoms with Gasteiger partial charge in [0.1, 0.15) is 4.90 Å². The van der Waals surface area contributed by atoms with E-state index in [0.717, 1.165) is 25.3 Å². The zero-order valence-corrected chi connectivity index (χ0v) is 12.8. The first-order chi connectivity index (χ1) is 8.77. The van der Waals surface area contributed by atoms with E-state index >= 15 is 0 Å². The number of sulfonamides is 1. The minimum absolute atomic E-state index is 0.0585. The van der Waals surface area contributed by atoms with Gasteiger partial charge in [-0.1, -0.05) is 6.92 Å². The highest BCUT2D eigenvalue weighted by Crippen LogP contribution is 2.47. The average Bonchev–Trinajstić information content (AvgIpc) is 3.00. The first kappa shape index (κ1) is 14.5. The van der Waals surface area contributed by atoms with Crippen molar-refractivity contribution in [2.75, 3.05) is 6.54 Å². The van der Waals surface area contributed by atoms with Gasteiger partial charge in [0, 0.05) is 12.6 Å². The largest absolute Gasteiger partial charge is 0.443 e. The molecule has 0 atom stereocenters. The lowest BCUT2D eigenvalue weighted by Crippen LogP contribution is -2.29. The molecule has 0 bridgehead atoms. The van der Waals surface area contributed by atoms with E-state index in [1.807, 2.05) is 0 Å². The molecule has 106 valence electrons. The summed E-state index contributed by atoms with van der Waals surface area (Å²) in [6, 6.07) is 1.13. The number of hydrogen-bond donors (Lipinski definition) is 2. The predicted octanol–water partition coefficient (Wildman–Crippen LogP) is 1.61. The Bertz CT molecular complexity index is 604. The number of hydrogen-bond acceptors (Lipinski definition) is 4. The molecule has 0 aromatic carbocycles. The van der Waals surface area contributed by atoms with Crippen molar-refractivity contribution in [2.45, 2.75) is 31.1 Å². The number of rotatable bonds is 5. The van der Waals surface area contributed by atoms with Crippen LogP contribution in [0.15, 0.2) is 20.0 Å². The molecule has 1 saturated carbocycles. The zero-order valence-electron chi connectivity index (χ0n) is 10.4. The number of primary sulfonamides is 1. The highest BCUT2D eigenvalue weighted by molar-refractivity contribution is 9.10. The lowest BCUT2D eigenvalue weighted by Gasteiger charge is -2.12. The van der Waals surface area contributed by atoms with Crippen molar-refractivity contribution in [3.63, 3.8) is 0 Å². The predicted molar refractivity (Wildman–Crippen MR) is 72.1 cm³/mol. The van der Waals surface area contributed by atoms with Crippen molar-refractivity contribution in [3.05, 3.63) is 16.5 Å². The molecule has 8 heteroatoms. The van der Waals surface area contributed by atoms with Gasteiger partial charge < -0.3 is 9.73 Å². The highest BCUT2D eigenvalue weighted by atomic mass is 79.9. The van der Waals surface area contributed by atoms with Gasteiger partial charge in [-0.15, -0.1) is 0 Å². The lowest BCUT2D eigenvalue weighted by molar-refractivity contribution is 0.0915. The fraction of sp³-hybridized carbons (Fsp3) is 0.545. The second-order valence-corrected chi connectivity index (χ2v) is 7.08. The van der Waals surface area contributed by atoms with Crippen LogP contribution in [0.3, 0.4) is 0 Å². The van der Waals surface area contributed by atoms with Gasteiger partial charge >= 0.3 is 0 Å². The molecule has 1 heterocycles. The van der Waals surface area contributed by atoms with Crippen LogP contribution in [0.2, 0.25) is 0 Å². The molecule has 6 nitrogen and oxygen atoms in total. The van der Waals surface area contributed by atoms with Gasteiger partial charge in [0.25, 0.3) is 5.91 Å². The van der Waals surface area contributed by atoms with Gasteiger partial charge in [-0.05, 0) is 40.6 Å². The number of furan rings is 1. The number of nitrogens with two attached hydrogens (primary N) is 1. The maximum Gasteiger partial charge on any atom is 0.287 e. The Morgan fingerprint density at radius 1 is 1.58 bits per heavy atom. The number of halogens is 1. The maximum atomic E-state index is 11.9. The van der Waals surface area contributed by atoms with Crippen LogP contribution in [-0.4, -0.2) is 20.9 Å². The van der Waals surface area contributed by atoms with Gasteiger partial charge in [0.05, 0.1) is 0 Å². The van der Waals surface area contributed by atoms with Crippen molar-refractivity contribution in [1.82, 2.24) is 5.32 Å². The van der Waals surface area contributed by atoms with Gasteiger partial charge in [-0.2, -0.15) is 0 Å². The molecule has 0 unspecified atom stereocenters. The SMILES string of the molecule is CCC1(CNC(=O)c2cc(S(N)(=O)=O)c(Br)o2)CC1. The summed E-state index contributed by atoms with van der Waals surface area (Å²) in [5.41, 5.74) is 0.211. The molecular weight excluding hydrogens is 336 g/mol. The van der Waals surface area contributed by atoms with Gasteiger partial charge in [0.15, 0.2) is 10.4 Å². The summed E-state index contributed by atoms with van der Waals surface area (Å²) in [4.78, 5) is 11.6. The van der Waals surface area contributed by atoms with Crippen LogP contribution in [0.5, 0.6) is 0 Å². The van der Waals surface area contributed by atoms with E-state index in [1.54, 1.807) is 0 Å². The van der Waals surface area contributed by atoms with Crippen LogP contribution in [0.1, 0.15) is 36.7 Å². The first-order valence-corrected chi connectivity index (χ1v) is 8.22. The third kappa shape index (κ3) is 3.18. The highest BCUT2D eigenvalue weighted by Gasteiger charge is 2.40. The fourth-order valence-electron chi connectivity index (χ4n) is 1.84. The standard InChI is InChI=1S/C11H15BrN2O4S/c1-2-11(3-4-11)6-14-10(15)7-5-8(9(12)18-7)19(13,16)17/h5H,2-4,6H2,1H3,(H,14,15)(H2,13,16,17). The van der Waals surface area contributed by atoms with E-state index < -0.39 is 15.9 Å². The number of carbonyl (C=O) groups is 1. The van der Waals surface area contributed by atoms with Crippen molar-refractivity contribution >= 4 is 31.9 Å². The van der Waals surface area contributed by atoms with Crippen LogP contribution in [0.4, 0.5) is 0 Å². The zero-order chi connectivity index (χ0) is 14.3. The topological polar surface area (TPSA) is 102 Å². The van der Waals surface area contributed by atoms with Gasteiger partial charge in [0.2, 0.25) is 10.0 Å². The summed E-state index contributed by atoms with van der Waals surface area (Å²) in [6.45, 7) is 2.66. The molecular formula is C11H15BrN2O4S. The van der Waals surface area contributed by atoms with Crippen molar-refractivity contribution < 1.29 is 17.6 Å². The van der Waals surface area contributed by atoms with E-state index in [9.17, 15) is 13.2 Å². The molecule has 0 aliphatic heterocycles. The minimum Gasteiger partial charge on any atom is -0.443 e. The monoisotopic (exact) mass is 350 g/mol. The Kier molecular flexibility index (Phi) is 3.76.